The van der Waals surface area contributed by atoms with Crippen molar-refractivity contribution in [1.29, 1.82) is 0 Å². The molecule has 0 bridgehead atoms. The van der Waals surface area contributed by atoms with E-state index in [0.29, 0.717) is 18.2 Å². The summed E-state index contributed by atoms with van der Waals surface area (Å²) in [4.78, 5) is 4.59. The maximum atomic E-state index is 9.32. The zero-order valence-electron chi connectivity index (χ0n) is 17.1. The third-order valence-corrected chi connectivity index (χ3v) is 4.59. The number of hydrogen-bond acceptors (Lipinski definition) is 4. The summed E-state index contributed by atoms with van der Waals surface area (Å²) in [6, 6.07) is 9.38. The van der Waals surface area contributed by atoms with Gasteiger partial charge in [-0.2, -0.15) is 0 Å². The van der Waals surface area contributed by atoms with Crippen LogP contribution in [0.3, 0.4) is 0 Å². The van der Waals surface area contributed by atoms with E-state index < -0.39 is 0 Å². The van der Waals surface area contributed by atoms with Crippen LogP contribution in [-0.2, 0) is 13.0 Å². The van der Waals surface area contributed by atoms with Crippen LogP contribution in [0.2, 0.25) is 0 Å². The third kappa shape index (κ3) is 8.08. The van der Waals surface area contributed by atoms with Gasteiger partial charge < -0.3 is 20.3 Å². The van der Waals surface area contributed by atoms with Crippen LogP contribution in [0.15, 0.2) is 39.8 Å². The number of guanidine groups is 1. The summed E-state index contributed by atoms with van der Waals surface area (Å²) in [5.41, 5.74) is 2.24. The third-order valence-electron chi connectivity index (χ3n) is 4.59. The molecule has 0 aliphatic rings. The molecule has 156 valence electrons. The van der Waals surface area contributed by atoms with Gasteiger partial charge in [0, 0.05) is 25.1 Å². The van der Waals surface area contributed by atoms with Crippen LogP contribution in [0, 0.1) is 0 Å². The van der Waals surface area contributed by atoms with Gasteiger partial charge >= 0.3 is 0 Å². The molecule has 2 aromatic rings. The fraction of sp³-hybridized carbons (Fsp3) is 0.524. The standard InChI is InChI=1S/C21H32N4O2.HI/c1-4-17(5-2)20-14-19(27-25-20)15-24-21(22-6-3)23-13-7-8-16-9-11-18(26)12-10-16;/h9-12,14,17,26H,4-8,13,15H2,1-3H3,(H2,22,23,24);1H. The second kappa shape index (κ2) is 13.4. The van der Waals surface area contributed by atoms with Crippen LogP contribution < -0.4 is 10.6 Å². The van der Waals surface area contributed by atoms with Crippen molar-refractivity contribution in [3.8, 4) is 5.75 Å². The first-order valence-corrected chi connectivity index (χ1v) is 9.91. The molecule has 0 aliphatic heterocycles. The summed E-state index contributed by atoms with van der Waals surface area (Å²) in [6.45, 7) is 8.49. The minimum absolute atomic E-state index is 0. The summed E-state index contributed by atoms with van der Waals surface area (Å²) in [6.07, 6.45) is 4.07. The zero-order chi connectivity index (χ0) is 19.5. The van der Waals surface area contributed by atoms with E-state index in [4.69, 9.17) is 4.52 Å². The summed E-state index contributed by atoms with van der Waals surface area (Å²) >= 11 is 0. The topological polar surface area (TPSA) is 82.7 Å². The van der Waals surface area contributed by atoms with Crippen molar-refractivity contribution in [2.24, 2.45) is 4.99 Å². The number of aryl methyl sites for hydroxylation is 1. The Balaban J connectivity index is 0.00000392. The number of benzene rings is 1. The largest absolute Gasteiger partial charge is 0.508 e. The number of halogens is 1. The van der Waals surface area contributed by atoms with Crippen LogP contribution >= 0.6 is 24.0 Å². The summed E-state index contributed by atoms with van der Waals surface area (Å²) in [5.74, 6) is 2.33. The van der Waals surface area contributed by atoms with E-state index in [0.717, 1.165) is 56.2 Å². The minimum atomic E-state index is 0. The van der Waals surface area contributed by atoms with Gasteiger partial charge in [0.15, 0.2) is 11.7 Å². The number of phenols is 1. The molecule has 0 fully saturated rings. The maximum absolute atomic E-state index is 9.32. The molecule has 0 atom stereocenters. The Morgan fingerprint density at radius 3 is 2.50 bits per heavy atom. The highest BCUT2D eigenvalue weighted by Gasteiger charge is 2.12. The van der Waals surface area contributed by atoms with Crippen LogP contribution in [0.25, 0.3) is 0 Å². The average Bonchev–Trinajstić information content (AvgIpc) is 3.14. The monoisotopic (exact) mass is 500 g/mol. The Hall–Kier alpha value is -1.77. The summed E-state index contributed by atoms with van der Waals surface area (Å²) in [5, 5.41) is 20.1. The van der Waals surface area contributed by atoms with E-state index in [9.17, 15) is 5.11 Å². The van der Waals surface area contributed by atoms with Gasteiger partial charge in [-0.3, -0.25) is 0 Å². The Bertz CT molecular complexity index is 697. The lowest BCUT2D eigenvalue weighted by molar-refractivity contribution is 0.372. The van der Waals surface area contributed by atoms with Crippen molar-refractivity contribution in [3.05, 3.63) is 47.3 Å². The van der Waals surface area contributed by atoms with Gasteiger partial charge in [0.05, 0.1) is 5.69 Å². The Kier molecular flexibility index (Phi) is 11.6. The second-order valence-electron chi connectivity index (χ2n) is 6.62. The van der Waals surface area contributed by atoms with E-state index in [1.165, 1.54) is 5.56 Å². The SMILES string of the molecule is CCNC(=NCc1cc(C(CC)CC)no1)NCCCc1ccc(O)cc1.I. The molecule has 6 nitrogen and oxygen atoms in total. The van der Waals surface area contributed by atoms with E-state index in [1.54, 1.807) is 12.1 Å². The zero-order valence-corrected chi connectivity index (χ0v) is 19.4. The molecule has 0 spiro atoms. The van der Waals surface area contributed by atoms with Gasteiger partial charge in [0.25, 0.3) is 0 Å². The van der Waals surface area contributed by atoms with Crippen molar-refractivity contribution in [3.63, 3.8) is 0 Å². The Morgan fingerprint density at radius 1 is 1.14 bits per heavy atom. The molecule has 0 saturated carbocycles. The summed E-state index contributed by atoms with van der Waals surface area (Å²) in [7, 11) is 0. The summed E-state index contributed by atoms with van der Waals surface area (Å²) < 4.78 is 5.44. The molecule has 2 rings (SSSR count). The molecule has 0 unspecified atom stereocenters. The number of nitrogens with one attached hydrogen (secondary N) is 2. The number of aromatic hydroxyl groups is 1. The van der Waals surface area contributed by atoms with Crippen molar-refractivity contribution < 1.29 is 9.63 Å². The van der Waals surface area contributed by atoms with E-state index in [-0.39, 0.29) is 24.0 Å². The lowest BCUT2D eigenvalue weighted by Crippen LogP contribution is -2.37. The van der Waals surface area contributed by atoms with Gasteiger partial charge in [-0.15, -0.1) is 24.0 Å². The predicted octanol–water partition coefficient (Wildman–Crippen LogP) is 4.59. The average molecular weight is 500 g/mol. The highest BCUT2D eigenvalue weighted by molar-refractivity contribution is 14.0. The van der Waals surface area contributed by atoms with Gasteiger partial charge in [0.1, 0.15) is 12.3 Å². The molecule has 0 saturated heterocycles. The molecule has 0 aliphatic carbocycles. The molecule has 7 heteroatoms. The predicted molar refractivity (Wildman–Crippen MR) is 124 cm³/mol. The van der Waals surface area contributed by atoms with Gasteiger partial charge in [-0.05, 0) is 50.3 Å². The van der Waals surface area contributed by atoms with Gasteiger partial charge in [-0.25, -0.2) is 4.99 Å². The van der Waals surface area contributed by atoms with Crippen LogP contribution in [-0.4, -0.2) is 29.3 Å². The molecule has 1 heterocycles. The number of nitrogens with zero attached hydrogens (tertiary/aromatic N) is 2. The molecule has 3 N–H and O–H groups in total. The number of phenolic OH excluding ortho intramolecular Hbond substituents is 1. The van der Waals surface area contributed by atoms with Crippen LogP contribution in [0.4, 0.5) is 0 Å². The second-order valence-corrected chi connectivity index (χ2v) is 6.62. The Morgan fingerprint density at radius 2 is 1.86 bits per heavy atom. The first-order chi connectivity index (χ1) is 13.2. The van der Waals surface area contributed by atoms with Crippen LogP contribution in [0.5, 0.6) is 5.75 Å². The first kappa shape index (κ1) is 24.3. The molecular weight excluding hydrogens is 467 g/mol. The maximum Gasteiger partial charge on any atom is 0.191 e. The van der Waals surface area contributed by atoms with Crippen molar-refractivity contribution in [2.75, 3.05) is 13.1 Å². The molecule has 1 aromatic carbocycles. The fourth-order valence-corrected chi connectivity index (χ4v) is 2.96. The van der Waals surface area contributed by atoms with Gasteiger partial charge in [-0.1, -0.05) is 31.1 Å². The number of hydrogen-bond donors (Lipinski definition) is 3. The fourth-order valence-electron chi connectivity index (χ4n) is 2.96. The van der Waals surface area contributed by atoms with Gasteiger partial charge in [0.2, 0.25) is 0 Å². The highest BCUT2D eigenvalue weighted by Crippen LogP contribution is 2.22. The molecular formula is C21H33IN4O2. The number of aliphatic imine (C=N–C) groups is 1. The lowest BCUT2D eigenvalue weighted by atomic mass is 9.99. The van der Waals surface area contributed by atoms with Crippen molar-refractivity contribution in [1.82, 2.24) is 15.8 Å². The normalized spacial score (nSPS) is 11.4. The first-order valence-electron chi connectivity index (χ1n) is 9.91. The quantitative estimate of drug-likeness (QED) is 0.193. The smallest absolute Gasteiger partial charge is 0.191 e. The van der Waals surface area contributed by atoms with E-state index >= 15 is 0 Å². The lowest BCUT2D eigenvalue weighted by Gasteiger charge is -2.11. The van der Waals surface area contributed by atoms with E-state index in [1.807, 2.05) is 25.1 Å². The minimum Gasteiger partial charge on any atom is -0.508 e. The highest BCUT2D eigenvalue weighted by atomic mass is 127. The number of aromatic nitrogens is 1. The number of rotatable bonds is 10. The van der Waals surface area contributed by atoms with Crippen molar-refractivity contribution in [2.45, 2.75) is 58.9 Å². The molecule has 0 radical (unpaired) electrons. The molecule has 0 amide bonds. The van der Waals surface area contributed by atoms with Crippen LogP contribution in [0.1, 0.15) is 63.0 Å². The van der Waals surface area contributed by atoms with Crippen molar-refractivity contribution >= 4 is 29.9 Å². The van der Waals surface area contributed by atoms with E-state index in [2.05, 4.69) is 34.6 Å². The Labute approximate surface area is 185 Å². The molecule has 28 heavy (non-hydrogen) atoms. The molecule has 1 aromatic heterocycles.